The summed E-state index contributed by atoms with van der Waals surface area (Å²) < 4.78 is 7.73. The van der Waals surface area contributed by atoms with Crippen LogP contribution in [-0.2, 0) is 18.3 Å². The molecule has 0 bridgehead atoms. The van der Waals surface area contributed by atoms with Crippen molar-refractivity contribution in [2.75, 3.05) is 20.2 Å². The summed E-state index contributed by atoms with van der Waals surface area (Å²) in [6.45, 7) is 4.14. The van der Waals surface area contributed by atoms with Crippen molar-refractivity contribution < 1.29 is 4.74 Å². The van der Waals surface area contributed by atoms with Gasteiger partial charge in [-0.15, -0.1) is 34.2 Å². The zero-order valence-electron chi connectivity index (χ0n) is 15.0. The van der Waals surface area contributed by atoms with Crippen LogP contribution in [0, 0.1) is 0 Å². The minimum atomic E-state index is 0. The van der Waals surface area contributed by atoms with Crippen LogP contribution in [0.15, 0.2) is 41.7 Å². The van der Waals surface area contributed by atoms with Crippen LogP contribution in [0.4, 0.5) is 0 Å². The molecule has 25 heavy (non-hydrogen) atoms. The lowest BCUT2D eigenvalue weighted by atomic mass is 10.1. The van der Waals surface area contributed by atoms with Crippen LogP contribution >= 0.6 is 24.0 Å². The van der Waals surface area contributed by atoms with E-state index in [1.165, 1.54) is 5.56 Å². The highest BCUT2D eigenvalue weighted by Gasteiger charge is 2.05. The Morgan fingerprint density at radius 3 is 2.68 bits per heavy atom. The number of halogens is 1. The summed E-state index contributed by atoms with van der Waals surface area (Å²) >= 11 is 0. The molecule has 0 amide bonds. The van der Waals surface area contributed by atoms with Crippen LogP contribution in [0.1, 0.15) is 30.8 Å². The van der Waals surface area contributed by atoms with Crippen molar-refractivity contribution in [2.45, 2.75) is 26.0 Å². The van der Waals surface area contributed by atoms with Gasteiger partial charge in [-0.1, -0.05) is 30.3 Å². The van der Waals surface area contributed by atoms with E-state index in [-0.39, 0.29) is 30.1 Å². The van der Waals surface area contributed by atoms with E-state index < -0.39 is 0 Å². The largest absolute Gasteiger partial charge is 0.374 e. The van der Waals surface area contributed by atoms with Gasteiger partial charge in [0.1, 0.15) is 6.33 Å². The Bertz CT molecular complexity index is 631. The molecule has 1 aromatic carbocycles. The summed E-state index contributed by atoms with van der Waals surface area (Å²) in [5.74, 6) is 1.60. The molecule has 2 aromatic rings. The number of ether oxygens (including phenoxy) is 1. The van der Waals surface area contributed by atoms with Gasteiger partial charge < -0.3 is 19.9 Å². The standard InChI is InChI=1S/C17H26N6O.HI/c1-14(15-8-5-4-6-9-15)24-11-7-10-19-17(18-2)20-12-16-22-21-13-23(16)3;/h4-6,8-9,13-14H,7,10-12H2,1-3H3,(H2,18,19,20);1H. The van der Waals surface area contributed by atoms with Crippen molar-refractivity contribution >= 4 is 29.9 Å². The van der Waals surface area contributed by atoms with Gasteiger partial charge in [-0.25, -0.2) is 0 Å². The highest BCUT2D eigenvalue weighted by molar-refractivity contribution is 14.0. The number of nitrogens with zero attached hydrogens (tertiary/aromatic N) is 4. The fourth-order valence-electron chi connectivity index (χ4n) is 2.21. The molecule has 138 valence electrons. The third-order valence-corrected chi connectivity index (χ3v) is 3.69. The van der Waals surface area contributed by atoms with Gasteiger partial charge in [0.2, 0.25) is 0 Å². The van der Waals surface area contributed by atoms with Crippen molar-refractivity contribution in [3.8, 4) is 0 Å². The number of rotatable bonds is 8. The van der Waals surface area contributed by atoms with Gasteiger partial charge in [0, 0.05) is 27.2 Å². The molecule has 1 heterocycles. The summed E-state index contributed by atoms with van der Waals surface area (Å²) in [5, 5.41) is 14.4. The first kappa shape index (κ1) is 21.4. The minimum Gasteiger partial charge on any atom is -0.374 e. The van der Waals surface area contributed by atoms with Crippen LogP contribution in [0.25, 0.3) is 0 Å². The Morgan fingerprint density at radius 2 is 2.04 bits per heavy atom. The lowest BCUT2D eigenvalue weighted by Gasteiger charge is -2.14. The average Bonchev–Trinajstić information content (AvgIpc) is 3.03. The first-order valence-electron chi connectivity index (χ1n) is 8.14. The molecule has 1 aromatic heterocycles. The number of aryl methyl sites for hydroxylation is 1. The van der Waals surface area contributed by atoms with E-state index in [9.17, 15) is 0 Å². The molecule has 0 aliphatic carbocycles. The highest BCUT2D eigenvalue weighted by Crippen LogP contribution is 2.15. The minimum absolute atomic E-state index is 0. The first-order valence-corrected chi connectivity index (χ1v) is 8.14. The molecule has 0 radical (unpaired) electrons. The summed E-state index contributed by atoms with van der Waals surface area (Å²) in [7, 11) is 3.67. The summed E-state index contributed by atoms with van der Waals surface area (Å²) in [4.78, 5) is 4.19. The number of nitrogens with one attached hydrogen (secondary N) is 2. The normalized spacial score (nSPS) is 12.4. The number of aliphatic imine (C=N–C) groups is 1. The predicted octanol–water partition coefficient (Wildman–Crippen LogP) is 2.27. The molecular weight excluding hydrogens is 431 g/mol. The number of aromatic nitrogens is 3. The maximum atomic E-state index is 5.86. The number of benzene rings is 1. The highest BCUT2D eigenvalue weighted by atomic mass is 127. The van der Waals surface area contributed by atoms with Crippen LogP contribution < -0.4 is 10.6 Å². The number of hydrogen-bond acceptors (Lipinski definition) is 4. The number of hydrogen-bond donors (Lipinski definition) is 2. The smallest absolute Gasteiger partial charge is 0.191 e. The lowest BCUT2D eigenvalue weighted by molar-refractivity contribution is 0.0646. The molecule has 0 aliphatic heterocycles. The van der Waals surface area contributed by atoms with Gasteiger partial charge in [0.05, 0.1) is 12.6 Å². The van der Waals surface area contributed by atoms with Crippen molar-refractivity contribution in [1.29, 1.82) is 0 Å². The quantitative estimate of drug-likeness (QED) is 0.275. The second kappa shape index (κ2) is 11.8. The van der Waals surface area contributed by atoms with Crippen LogP contribution in [0.2, 0.25) is 0 Å². The number of guanidine groups is 1. The molecule has 7 nitrogen and oxygen atoms in total. The summed E-state index contributed by atoms with van der Waals surface area (Å²) in [6, 6.07) is 10.2. The molecule has 0 aliphatic rings. The van der Waals surface area contributed by atoms with E-state index in [0.717, 1.165) is 24.7 Å². The zero-order valence-corrected chi connectivity index (χ0v) is 17.3. The van der Waals surface area contributed by atoms with E-state index in [1.807, 2.05) is 29.8 Å². The molecule has 1 atom stereocenters. The van der Waals surface area contributed by atoms with E-state index in [2.05, 4.69) is 44.9 Å². The van der Waals surface area contributed by atoms with E-state index in [0.29, 0.717) is 13.2 Å². The lowest BCUT2D eigenvalue weighted by Crippen LogP contribution is -2.38. The van der Waals surface area contributed by atoms with Gasteiger partial charge >= 0.3 is 0 Å². The Morgan fingerprint density at radius 1 is 1.28 bits per heavy atom. The molecule has 1 unspecified atom stereocenters. The van der Waals surface area contributed by atoms with Crippen molar-refractivity contribution in [1.82, 2.24) is 25.4 Å². The molecular formula is C17H27IN6O. The molecule has 0 fully saturated rings. The molecule has 2 N–H and O–H groups in total. The van der Waals surface area contributed by atoms with E-state index >= 15 is 0 Å². The predicted molar refractivity (Wildman–Crippen MR) is 110 cm³/mol. The monoisotopic (exact) mass is 458 g/mol. The van der Waals surface area contributed by atoms with E-state index in [1.54, 1.807) is 13.4 Å². The summed E-state index contributed by atoms with van der Waals surface area (Å²) in [5.41, 5.74) is 1.20. The topological polar surface area (TPSA) is 76.4 Å². The maximum absolute atomic E-state index is 5.86. The fourth-order valence-corrected chi connectivity index (χ4v) is 2.21. The van der Waals surface area contributed by atoms with E-state index in [4.69, 9.17) is 4.74 Å². The van der Waals surface area contributed by atoms with Gasteiger partial charge in [0.25, 0.3) is 0 Å². The van der Waals surface area contributed by atoms with Crippen molar-refractivity contribution in [3.05, 3.63) is 48.0 Å². The van der Waals surface area contributed by atoms with Crippen LogP contribution in [-0.4, -0.2) is 40.9 Å². The second-order valence-electron chi connectivity index (χ2n) is 5.49. The van der Waals surface area contributed by atoms with Crippen LogP contribution in [0.5, 0.6) is 0 Å². The SMILES string of the molecule is CN=C(NCCCOC(C)c1ccccc1)NCc1nncn1C.I. The Labute approximate surface area is 166 Å². The van der Waals surface area contributed by atoms with Crippen molar-refractivity contribution in [3.63, 3.8) is 0 Å². The Kier molecular flexibility index (Phi) is 10.1. The molecule has 2 rings (SSSR count). The maximum Gasteiger partial charge on any atom is 0.191 e. The molecule has 8 heteroatoms. The Balaban J connectivity index is 0.00000312. The summed E-state index contributed by atoms with van der Waals surface area (Å²) in [6.07, 6.45) is 2.69. The average molecular weight is 458 g/mol. The van der Waals surface area contributed by atoms with Gasteiger partial charge in [-0.2, -0.15) is 0 Å². The first-order chi connectivity index (χ1) is 11.7. The van der Waals surface area contributed by atoms with Gasteiger partial charge in [-0.3, -0.25) is 4.99 Å². The van der Waals surface area contributed by atoms with Crippen LogP contribution in [0.3, 0.4) is 0 Å². The second-order valence-corrected chi connectivity index (χ2v) is 5.49. The van der Waals surface area contributed by atoms with Gasteiger partial charge in [-0.05, 0) is 18.9 Å². The fraction of sp³-hybridized carbons (Fsp3) is 0.471. The molecule has 0 saturated heterocycles. The van der Waals surface area contributed by atoms with Gasteiger partial charge in [0.15, 0.2) is 11.8 Å². The molecule has 0 saturated carbocycles. The zero-order chi connectivity index (χ0) is 17.2. The van der Waals surface area contributed by atoms with Crippen molar-refractivity contribution in [2.24, 2.45) is 12.0 Å². The Hall–Kier alpha value is -1.68. The molecule has 0 spiro atoms. The third kappa shape index (κ3) is 7.39. The third-order valence-electron chi connectivity index (χ3n) is 3.69.